The second-order valence-electron chi connectivity index (χ2n) is 5.48. The van der Waals surface area contributed by atoms with Gasteiger partial charge in [-0.15, -0.1) is 35.3 Å². The van der Waals surface area contributed by atoms with Gasteiger partial charge in [0.05, 0.1) is 0 Å². The largest absolute Gasteiger partial charge is 0.357 e. The Bertz CT molecular complexity index is 401. The quantitative estimate of drug-likeness (QED) is 0.458. The molecule has 3 nitrogen and oxygen atoms in total. The van der Waals surface area contributed by atoms with Gasteiger partial charge in [0.2, 0.25) is 0 Å². The first kappa shape index (κ1) is 16.8. The fourth-order valence-corrected chi connectivity index (χ4v) is 2.63. The fourth-order valence-electron chi connectivity index (χ4n) is 1.93. The lowest BCUT2D eigenvalue weighted by Gasteiger charge is -2.12. The van der Waals surface area contributed by atoms with Gasteiger partial charge < -0.3 is 10.6 Å². The molecule has 19 heavy (non-hydrogen) atoms. The van der Waals surface area contributed by atoms with E-state index in [1.54, 1.807) is 11.3 Å². The number of nitrogens with one attached hydrogen (secondary N) is 2. The number of aliphatic imine (C=N–C) groups is 1. The Hall–Kier alpha value is -0.300. The summed E-state index contributed by atoms with van der Waals surface area (Å²) in [4.78, 5) is 6.04. The maximum atomic E-state index is 4.64. The van der Waals surface area contributed by atoms with Crippen molar-refractivity contribution in [3.05, 3.63) is 22.4 Å². The van der Waals surface area contributed by atoms with Crippen LogP contribution in [0.2, 0.25) is 0 Å². The minimum atomic E-state index is 0. The van der Waals surface area contributed by atoms with E-state index in [4.69, 9.17) is 0 Å². The summed E-state index contributed by atoms with van der Waals surface area (Å²) in [5.74, 6) is 0.963. The highest BCUT2D eigenvalue weighted by Gasteiger charge is 2.46. The minimum Gasteiger partial charge on any atom is -0.357 e. The maximum absolute atomic E-state index is 4.64. The molecule has 1 aromatic heterocycles. The third-order valence-electron chi connectivity index (χ3n) is 3.38. The molecule has 0 aromatic carbocycles. The van der Waals surface area contributed by atoms with E-state index in [0.29, 0.717) is 11.5 Å². The summed E-state index contributed by atoms with van der Waals surface area (Å²) in [6.07, 6.45) is 2.27. The fraction of sp³-hybridized carbons (Fsp3) is 0.643. The van der Waals surface area contributed by atoms with Crippen LogP contribution in [0.3, 0.4) is 0 Å². The minimum absolute atomic E-state index is 0. The molecule has 1 aromatic rings. The summed E-state index contributed by atoms with van der Waals surface area (Å²) in [6.45, 7) is 8.45. The maximum Gasteiger partial charge on any atom is 0.191 e. The van der Waals surface area contributed by atoms with Crippen LogP contribution in [0.4, 0.5) is 0 Å². The zero-order valence-electron chi connectivity index (χ0n) is 11.9. The van der Waals surface area contributed by atoms with Gasteiger partial charge in [0.1, 0.15) is 0 Å². The highest BCUT2D eigenvalue weighted by molar-refractivity contribution is 14.0. The lowest BCUT2D eigenvalue weighted by molar-refractivity contribution is 0.589. The second-order valence-corrected chi connectivity index (χ2v) is 6.51. The predicted octanol–water partition coefficient (Wildman–Crippen LogP) is 3.26. The molecule has 2 N–H and O–H groups in total. The van der Waals surface area contributed by atoms with Gasteiger partial charge in [0, 0.05) is 30.4 Å². The van der Waals surface area contributed by atoms with Crippen LogP contribution >= 0.6 is 35.3 Å². The number of halogens is 1. The van der Waals surface area contributed by atoms with E-state index in [1.165, 1.54) is 11.3 Å². The van der Waals surface area contributed by atoms with Crippen LogP contribution in [-0.2, 0) is 6.42 Å². The van der Waals surface area contributed by atoms with Crippen molar-refractivity contribution in [3.63, 3.8) is 0 Å². The molecule has 0 amide bonds. The summed E-state index contributed by atoms with van der Waals surface area (Å²) in [5.41, 5.74) is 0.434. The highest BCUT2D eigenvalue weighted by atomic mass is 127. The lowest BCUT2D eigenvalue weighted by Crippen LogP contribution is -2.40. The second kappa shape index (κ2) is 7.47. The summed E-state index contributed by atoms with van der Waals surface area (Å²) in [7, 11) is 0. The summed E-state index contributed by atoms with van der Waals surface area (Å²) < 4.78 is 0. The number of hydrogen-bond donors (Lipinski definition) is 2. The highest BCUT2D eigenvalue weighted by Crippen LogP contribution is 2.44. The van der Waals surface area contributed by atoms with E-state index in [9.17, 15) is 0 Å². The summed E-state index contributed by atoms with van der Waals surface area (Å²) in [6, 6.07) is 4.85. The van der Waals surface area contributed by atoms with Gasteiger partial charge in [0.25, 0.3) is 0 Å². The number of guanidine groups is 1. The molecule has 1 saturated carbocycles. The van der Waals surface area contributed by atoms with Crippen molar-refractivity contribution in [1.29, 1.82) is 0 Å². The van der Waals surface area contributed by atoms with E-state index < -0.39 is 0 Å². The van der Waals surface area contributed by atoms with E-state index in [1.807, 2.05) is 0 Å². The first-order valence-electron chi connectivity index (χ1n) is 6.69. The molecule has 1 heterocycles. The molecule has 1 atom stereocenters. The van der Waals surface area contributed by atoms with Crippen LogP contribution in [0.5, 0.6) is 0 Å². The monoisotopic (exact) mass is 393 g/mol. The molecule has 0 radical (unpaired) electrons. The summed E-state index contributed by atoms with van der Waals surface area (Å²) in [5, 5.41) is 8.94. The van der Waals surface area contributed by atoms with Crippen molar-refractivity contribution in [2.75, 3.05) is 13.1 Å². The van der Waals surface area contributed by atoms with Gasteiger partial charge in [0.15, 0.2) is 5.96 Å². The predicted molar refractivity (Wildman–Crippen MR) is 94.7 cm³/mol. The van der Waals surface area contributed by atoms with Crippen molar-refractivity contribution in [3.8, 4) is 0 Å². The molecule has 2 rings (SSSR count). The Kier molecular flexibility index (Phi) is 6.59. The molecular weight excluding hydrogens is 369 g/mol. The van der Waals surface area contributed by atoms with Gasteiger partial charge >= 0.3 is 0 Å². The van der Waals surface area contributed by atoms with Gasteiger partial charge in [-0.05, 0) is 30.2 Å². The molecule has 0 aliphatic heterocycles. The molecule has 0 bridgehead atoms. The molecule has 0 spiro atoms. The lowest BCUT2D eigenvalue weighted by atomic mass is 10.2. The van der Waals surface area contributed by atoms with Crippen molar-refractivity contribution in [2.24, 2.45) is 10.4 Å². The Morgan fingerprint density at radius 2 is 2.26 bits per heavy atom. The van der Waals surface area contributed by atoms with Crippen LogP contribution in [0.15, 0.2) is 22.5 Å². The Morgan fingerprint density at radius 3 is 2.79 bits per heavy atom. The van der Waals surface area contributed by atoms with Gasteiger partial charge in [-0.3, -0.25) is 4.99 Å². The van der Waals surface area contributed by atoms with Crippen LogP contribution in [-0.4, -0.2) is 25.1 Å². The van der Waals surface area contributed by atoms with Gasteiger partial charge in [-0.25, -0.2) is 0 Å². The molecule has 0 saturated heterocycles. The molecule has 1 aliphatic rings. The van der Waals surface area contributed by atoms with Crippen LogP contribution < -0.4 is 10.6 Å². The van der Waals surface area contributed by atoms with Crippen LogP contribution in [0.25, 0.3) is 0 Å². The third kappa shape index (κ3) is 5.30. The van der Waals surface area contributed by atoms with Crippen molar-refractivity contribution < 1.29 is 0 Å². The zero-order chi connectivity index (χ0) is 13.0. The molecular formula is C14H24IN3S. The van der Waals surface area contributed by atoms with E-state index in [2.05, 4.69) is 53.9 Å². The number of hydrogen-bond acceptors (Lipinski definition) is 2. The van der Waals surface area contributed by atoms with E-state index in [-0.39, 0.29) is 24.0 Å². The van der Waals surface area contributed by atoms with E-state index >= 15 is 0 Å². The summed E-state index contributed by atoms with van der Waals surface area (Å²) >= 11 is 1.80. The zero-order valence-corrected chi connectivity index (χ0v) is 15.0. The average molecular weight is 393 g/mol. The normalized spacial score (nSPS) is 20.6. The Morgan fingerprint density at radius 1 is 1.53 bits per heavy atom. The van der Waals surface area contributed by atoms with Crippen LogP contribution in [0, 0.1) is 5.41 Å². The Balaban J connectivity index is 0.00000180. The topological polar surface area (TPSA) is 36.4 Å². The third-order valence-corrected chi connectivity index (χ3v) is 4.31. The number of rotatable bonds is 5. The molecule has 5 heteroatoms. The number of thiophene rings is 1. The van der Waals surface area contributed by atoms with E-state index in [0.717, 1.165) is 25.5 Å². The first-order chi connectivity index (χ1) is 8.62. The molecule has 108 valence electrons. The number of nitrogens with zero attached hydrogens (tertiary/aromatic N) is 1. The first-order valence-corrected chi connectivity index (χ1v) is 7.57. The Labute approximate surface area is 137 Å². The van der Waals surface area contributed by atoms with Gasteiger partial charge in [-0.1, -0.05) is 19.9 Å². The van der Waals surface area contributed by atoms with Crippen molar-refractivity contribution in [2.45, 2.75) is 39.7 Å². The molecule has 1 unspecified atom stereocenters. The van der Waals surface area contributed by atoms with Crippen LogP contribution in [0.1, 0.15) is 32.1 Å². The SMILES string of the molecule is CCNC(=NCCc1cccs1)NC1CC1(C)C.I. The standard InChI is InChI=1S/C14H23N3S.HI/c1-4-15-13(17-12-10-14(12,2)3)16-8-7-11-6-5-9-18-11;/h5-6,9,12H,4,7-8,10H2,1-3H3,(H2,15,16,17);1H. The molecule has 1 fully saturated rings. The van der Waals surface area contributed by atoms with Crippen molar-refractivity contribution in [1.82, 2.24) is 10.6 Å². The average Bonchev–Trinajstić information content (AvgIpc) is 2.75. The van der Waals surface area contributed by atoms with Gasteiger partial charge in [-0.2, -0.15) is 0 Å². The smallest absolute Gasteiger partial charge is 0.191 e. The molecule has 1 aliphatic carbocycles. The van der Waals surface area contributed by atoms with Crippen molar-refractivity contribution >= 4 is 41.3 Å².